The van der Waals surface area contributed by atoms with E-state index < -0.39 is 101 Å². The molecule has 1 saturated carbocycles. The monoisotopic (exact) mass is 625 g/mol. The molecule has 0 radical (unpaired) electrons. The van der Waals surface area contributed by atoms with Gasteiger partial charge >= 0.3 is 17.9 Å². The van der Waals surface area contributed by atoms with Gasteiger partial charge in [-0.3, -0.25) is 19.2 Å². The number of ether oxygens (including phenoxy) is 6. The van der Waals surface area contributed by atoms with Crippen molar-refractivity contribution in [1.82, 2.24) is 5.32 Å². The predicted octanol–water partition coefficient (Wildman–Crippen LogP) is -2.15. The maximum absolute atomic E-state index is 12.6. The Hall–Kier alpha value is -1.53. The summed E-state index contributed by atoms with van der Waals surface area (Å²) in [5.74, 6) is -3.84. The molecule has 18 heteroatoms. The Morgan fingerprint density at radius 1 is 0.795 bits per heavy atom. The van der Waals surface area contributed by atoms with Gasteiger partial charge < -0.3 is 54.2 Å². The predicted molar refractivity (Wildman–Crippen MR) is 128 cm³/mol. The highest BCUT2D eigenvalue weighted by molar-refractivity contribution is 6.76. The van der Waals surface area contributed by atoms with Crippen LogP contribution in [0.2, 0.25) is 0 Å². The summed E-state index contributed by atoms with van der Waals surface area (Å²) < 4.78 is 29.4. The molecule has 0 aromatic carbocycles. The number of carbonyl (C=O) groups is 4. The zero-order valence-corrected chi connectivity index (χ0v) is 23.3. The normalized spacial score (nSPS) is 36.9. The summed E-state index contributed by atoms with van der Waals surface area (Å²) in [6, 6.07) is -1.66. The van der Waals surface area contributed by atoms with Gasteiger partial charge in [0, 0.05) is 27.9 Å². The molecule has 2 fully saturated rings. The Balaban J connectivity index is 2.56. The van der Waals surface area contributed by atoms with Gasteiger partial charge in [-0.05, 0) is 0 Å². The van der Waals surface area contributed by atoms with Crippen molar-refractivity contribution in [1.29, 1.82) is 0 Å². The second-order valence-electron chi connectivity index (χ2n) is 8.75. The molecule has 5 N–H and O–H groups in total. The molecule has 1 heterocycles. The van der Waals surface area contributed by atoms with Crippen LogP contribution < -0.4 is 5.32 Å². The molecular formula is C21H30Cl3NO14. The van der Waals surface area contributed by atoms with Gasteiger partial charge in [0.15, 0.2) is 18.5 Å². The quantitative estimate of drug-likeness (QED) is 0.110. The molecule has 11 atom stereocenters. The topological polar surface area (TPSA) is 217 Å². The summed E-state index contributed by atoms with van der Waals surface area (Å²) in [5, 5.41) is 44.2. The first kappa shape index (κ1) is 33.7. The van der Waals surface area contributed by atoms with Crippen LogP contribution in [0.1, 0.15) is 20.8 Å². The molecule has 2 aliphatic rings. The molecule has 224 valence electrons. The smallest absolute Gasteiger partial charge is 0.303 e. The standard InChI is InChI=1S/C21H30Cl3NO14/c1-6(26)35-5-9-15(36-7(2)27)16(37-8(3)28)10(25-20(33)21(22,23)24)19(38-9)39-18-13(31)11(29)17(34-4)12(30)14(18)32/h9-19,29-32H,5H2,1-4H3,(H,25,33)/t9-,10-,11-,12+,13-,14-,15+,16-,17?,18?,19+/m1/s1. The van der Waals surface area contributed by atoms with Gasteiger partial charge in [0.2, 0.25) is 0 Å². The first-order valence-electron chi connectivity index (χ1n) is 11.4. The van der Waals surface area contributed by atoms with Gasteiger partial charge in [0.25, 0.3) is 9.70 Å². The third-order valence-electron chi connectivity index (χ3n) is 5.87. The van der Waals surface area contributed by atoms with Crippen LogP contribution in [0.15, 0.2) is 0 Å². The van der Waals surface area contributed by atoms with Crippen molar-refractivity contribution in [2.75, 3.05) is 13.7 Å². The first-order chi connectivity index (χ1) is 18.0. The van der Waals surface area contributed by atoms with E-state index in [2.05, 4.69) is 5.32 Å². The van der Waals surface area contributed by atoms with Gasteiger partial charge in [-0.15, -0.1) is 0 Å². The van der Waals surface area contributed by atoms with Crippen LogP contribution in [0.4, 0.5) is 0 Å². The van der Waals surface area contributed by atoms with Crippen LogP contribution in [-0.4, -0.2) is 129 Å². The molecule has 0 aromatic rings. The molecule has 1 saturated heterocycles. The van der Waals surface area contributed by atoms with Crippen molar-refractivity contribution in [3.63, 3.8) is 0 Å². The van der Waals surface area contributed by atoms with Crippen molar-refractivity contribution >= 4 is 58.6 Å². The minimum atomic E-state index is -2.56. The summed E-state index contributed by atoms with van der Waals surface area (Å²) in [7, 11) is 1.13. The van der Waals surface area contributed by atoms with Gasteiger partial charge in [-0.1, -0.05) is 34.8 Å². The number of halogens is 3. The molecule has 2 rings (SSSR count). The Morgan fingerprint density at radius 2 is 1.28 bits per heavy atom. The second-order valence-corrected chi connectivity index (χ2v) is 11.0. The SMILES string of the molecule is COC1[C@@H](O)[C@@H](O)C(O[C@@H]2O[C@H](COC(C)=O)[C@H](OC(C)=O)[C@H](OC(C)=O)[C@H]2NC(=O)C(Cl)(Cl)Cl)[C@H](O)[C@H]1O. The lowest BCUT2D eigenvalue weighted by molar-refractivity contribution is -0.322. The third-order valence-corrected chi connectivity index (χ3v) is 6.38. The van der Waals surface area contributed by atoms with Crippen molar-refractivity contribution in [2.24, 2.45) is 0 Å². The van der Waals surface area contributed by atoms with Crippen molar-refractivity contribution in [3.8, 4) is 0 Å². The van der Waals surface area contributed by atoms with E-state index in [0.29, 0.717) is 0 Å². The molecule has 15 nitrogen and oxygen atoms in total. The molecule has 1 aliphatic carbocycles. The fraction of sp³-hybridized carbons (Fsp3) is 0.810. The van der Waals surface area contributed by atoms with Crippen LogP contribution in [0.3, 0.4) is 0 Å². The van der Waals surface area contributed by atoms with E-state index in [-0.39, 0.29) is 0 Å². The average Bonchev–Trinajstić information content (AvgIpc) is 2.81. The van der Waals surface area contributed by atoms with E-state index in [1.165, 1.54) is 0 Å². The van der Waals surface area contributed by atoms with Crippen molar-refractivity contribution in [3.05, 3.63) is 0 Å². The number of hydrogen-bond acceptors (Lipinski definition) is 14. The number of amides is 1. The summed E-state index contributed by atoms with van der Waals surface area (Å²) in [6.45, 7) is 2.52. The average molecular weight is 627 g/mol. The highest BCUT2D eigenvalue weighted by Crippen LogP contribution is 2.34. The maximum atomic E-state index is 12.6. The van der Waals surface area contributed by atoms with Gasteiger partial charge in [-0.2, -0.15) is 0 Å². The van der Waals surface area contributed by atoms with Gasteiger partial charge in [0.1, 0.15) is 55.4 Å². The number of esters is 3. The Bertz CT molecular complexity index is 888. The minimum absolute atomic E-state index is 0.581. The van der Waals surface area contributed by atoms with E-state index >= 15 is 0 Å². The fourth-order valence-electron chi connectivity index (χ4n) is 4.18. The highest BCUT2D eigenvalue weighted by atomic mass is 35.6. The zero-order valence-electron chi connectivity index (χ0n) is 21.1. The van der Waals surface area contributed by atoms with Crippen LogP contribution in [-0.2, 0) is 47.6 Å². The summed E-state index contributed by atoms with van der Waals surface area (Å²) in [4.78, 5) is 48.0. The maximum Gasteiger partial charge on any atom is 0.303 e. The molecular weight excluding hydrogens is 597 g/mol. The largest absolute Gasteiger partial charge is 0.463 e. The third kappa shape index (κ3) is 8.48. The Kier molecular flexibility index (Phi) is 12.0. The lowest BCUT2D eigenvalue weighted by Gasteiger charge is -2.48. The Morgan fingerprint density at radius 3 is 1.72 bits per heavy atom. The number of alkyl halides is 3. The van der Waals surface area contributed by atoms with Gasteiger partial charge in [-0.25, -0.2) is 0 Å². The van der Waals surface area contributed by atoms with Crippen molar-refractivity contribution in [2.45, 2.75) is 91.8 Å². The lowest BCUT2D eigenvalue weighted by Crippen LogP contribution is -2.70. The number of rotatable bonds is 8. The molecule has 39 heavy (non-hydrogen) atoms. The molecule has 0 spiro atoms. The number of hydrogen-bond donors (Lipinski definition) is 5. The van der Waals surface area contributed by atoms with E-state index in [9.17, 15) is 39.6 Å². The second kappa shape index (κ2) is 13.9. The number of aliphatic hydroxyl groups is 4. The molecule has 1 aliphatic heterocycles. The van der Waals surface area contributed by atoms with Gasteiger partial charge in [0.05, 0.1) is 0 Å². The van der Waals surface area contributed by atoms with Crippen LogP contribution >= 0.6 is 34.8 Å². The molecule has 0 bridgehead atoms. The highest BCUT2D eigenvalue weighted by Gasteiger charge is 2.56. The van der Waals surface area contributed by atoms with E-state index in [1.54, 1.807) is 0 Å². The zero-order chi connectivity index (χ0) is 29.8. The lowest BCUT2D eigenvalue weighted by atomic mass is 9.84. The summed E-state index contributed by atoms with van der Waals surface area (Å²) >= 11 is 17.0. The van der Waals surface area contributed by atoms with Crippen molar-refractivity contribution < 1.29 is 68.0 Å². The van der Waals surface area contributed by atoms with Crippen LogP contribution in [0, 0.1) is 0 Å². The minimum Gasteiger partial charge on any atom is -0.463 e. The number of nitrogens with one attached hydrogen (secondary N) is 1. The van der Waals surface area contributed by atoms with E-state index in [1.807, 2.05) is 0 Å². The first-order valence-corrected chi connectivity index (χ1v) is 12.5. The van der Waals surface area contributed by atoms with Crippen LogP contribution in [0.25, 0.3) is 0 Å². The summed E-state index contributed by atoms with van der Waals surface area (Å²) in [5.41, 5.74) is 0. The summed E-state index contributed by atoms with van der Waals surface area (Å²) in [6.07, 6.45) is -16.9. The van der Waals surface area contributed by atoms with Crippen LogP contribution in [0.5, 0.6) is 0 Å². The van der Waals surface area contributed by atoms with E-state index in [4.69, 9.17) is 63.2 Å². The number of carbonyl (C=O) groups excluding carboxylic acids is 4. The van der Waals surface area contributed by atoms with E-state index in [0.717, 1.165) is 27.9 Å². The number of aliphatic hydroxyl groups excluding tert-OH is 4. The molecule has 1 amide bonds. The number of methoxy groups -OCH3 is 1. The fourth-order valence-corrected chi connectivity index (χ4v) is 4.35. The molecule has 2 unspecified atom stereocenters. The Labute approximate surface area is 237 Å². The molecule has 0 aromatic heterocycles.